The quantitative estimate of drug-likeness (QED) is 0.692. The van der Waals surface area contributed by atoms with Crippen molar-refractivity contribution in [3.63, 3.8) is 0 Å². The summed E-state index contributed by atoms with van der Waals surface area (Å²) < 4.78 is 44.5. The van der Waals surface area contributed by atoms with Crippen molar-refractivity contribution in [2.75, 3.05) is 23.9 Å². The number of hydrogen-bond donors (Lipinski definition) is 2. The Labute approximate surface area is 169 Å². The van der Waals surface area contributed by atoms with E-state index < -0.39 is 29.3 Å². The van der Waals surface area contributed by atoms with E-state index in [9.17, 15) is 27.9 Å². The molecule has 0 aromatic heterocycles. The molecule has 6 nitrogen and oxygen atoms in total. The van der Waals surface area contributed by atoms with Crippen LogP contribution in [0.3, 0.4) is 0 Å². The molecule has 0 saturated heterocycles. The van der Waals surface area contributed by atoms with Gasteiger partial charge in [0, 0.05) is 29.0 Å². The molecular weight excluding hydrogens is 413 g/mol. The molecule has 29 heavy (non-hydrogen) atoms. The summed E-state index contributed by atoms with van der Waals surface area (Å²) in [4.78, 5) is 25.2. The highest BCUT2D eigenvalue weighted by atomic mass is 35.5. The van der Waals surface area contributed by atoms with Gasteiger partial charge < -0.3 is 15.2 Å². The number of nitrogens with one attached hydrogen (secondary N) is 1. The van der Waals surface area contributed by atoms with Crippen LogP contribution in [0.1, 0.15) is 12.5 Å². The number of esters is 1. The fourth-order valence-corrected chi connectivity index (χ4v) is 2.54. The number of hydrogen-bond acceptors (Lipinski definition) is 4. The van der Waals surface area contributed by atoms with Crippen LogP contribution in [0.2, 0.25) is 5.02 Å². The molecule has 0 aliphatic rings. The first kappa shape index (κ1) is 22.5. The van der Waals surface area contributed by atoms with E-state index in [1.54, 1.807) is 24.3 Å². The number of benzene rings is 2. The van der Waals surface area contributed by atoms with Gasteiger partial charge in [0.15, 0.2) is 0 Å². The third-order valence-electron chi connectivity index (χ3n) is 4.05. The number of alkyl halides is 3. The highest BCUT2D eigenvalue weighted by Gasteiger charge is 2.62. The molecule has 2 aromatic rings. The first-order valence-electron chi connectivity index (χ1n) is 8.37. The Morgan fingerprint density at radius 3 is 2.14 bits per heavy atom. The molecule has 0 aliphatic carbocycles. The van der Waals surface area contributed by atoms with Crippen LogP contribution in [-0.4, -0.2) is 36.9 Å². The second kappa shape index (κ2) is 8.71. The Kier molecular flexibility index (Phi) is 6.76. The molecule has 0 saturated carbocycles. The molecule has 1 atom stereocenters. The second-order valence-electron chi connectivity index (χ2n) is 5.97. The third-order valence-corrected chi connectivity index (χ3v) is 4.31. The molecule has 0 aliphatic heterocycles. The predicted molar refractivity (Wildman–Crippen MR) is 102 cm³/mol. The predicted octanol–water partition coefficient (Wildman–Crippen LogP) is 4.32. The summed E-state index contributed by atoms with van der Waals surface area (Å²) in [6.07, 6.45) is -5.29. The summed E-state index contributed by atoms with van der Waals surface area (Å²) in [6, 6.07) is 9.94. The van der Waals surface area contributed by atoms with Crippen LogP contribution in [0.25, 0.3) is 0 Å². The molecule has 0 bridgehead atoms. The highest BCUT2D eigenvalue weighted by Crippen LogP contribution is 2.40. The molecule has 2 amide bonds. The van der Waals surface area contributed by atoms with E-state index in [2.05, 4.69) is 10.1 Å². The summed E-state index contributed by atoms with van der Waals surface area (Å²) >= 11 is 5.78. The fourth-order valence-electron chi connectivity index (χ4n) is 2.42. The minimum Gasteiger partial charge on any atom is -0.463 e. The number of anilines is 2. The van der Waals surface area contributed by atoms with Gasteiger partial charge in [-0.2, -0.15) is 13.2 Å². The normalized spacial score (nSPS) is 13.3. The zero-order valence-electron chi connectivity index (χ0n) is 15.5. The van der Waals surface area contributed by atoms with Crippen molar-refractivity contribution in [1.82, 2.24) is 0 Å². The molecule has 2 aromatic carbocycles. The molecule has 2 N–H and O–H groups in total. The van der Waals surface area contributed by atoms with Gasteiger partial charge in [-0.25, -0.2) is 9.59 Å². The van der Waals surface area contributed by atoms with Crippen molar-refractivity contribution >= 4 is 35.0 Å². The van der Waals surface area contributed by atoms with Crippen molar-refractivity contribution in [2.45, 2.75) is 18.7 Å². The summed E-state index contributed by atoms with van der Waals surface area (Å²) in [5, 5.41) is 13.2. The summed E-state index contributed by atoms with van der Waals surface area (Å²) in [5.74, 6) is -1.82. The lowest BCUT2D eigenvalue weighted by Gasteiger charge is -2.29. The number of rotatable bonds is 5. The number of halogens is 4. The van der Waals surface area contributed by atoms with Crippen LogP contribution in [0.15, 0.2) is 48.5 Å². The Bertz CT molecular complexity index is 873. The number of ether oxygens (including phenoxy) is 1. The first-order valence-corrected chi connectivity index (χ1v) is 8.75. The zero-order chi connectivity index (χ0) is 21.8. The molecule has 0 heterocycles. The lowest BCUT2D eigenvalue weighted by Crippen LogP contribution is -2.50. The third kappa shape index (κ3) is 4.80. The number of nitrogens with zero attached hydrogens (tertiary/aromatic N) is 1. The molecule has 2 rings (SSSR count). The van der Waals surface area contributed by atoms with Crippen LogP contribution in [-0.2, 0) is 15.1 Å². The van der Waals surface area contributed by atoms with E-state index in [1.807, 2.05) is 0 Å². The second-order valence-corrected chi connectivity index (χ2v) is 6.41. The van der Waals surface area contributed by atoms with E-state index in [-0.39, 0.29) is 12.3 Å². The number of aliphatic hydroxyl groups is 1. The van der Waals surface area contributed by atoms with Crippen LogP contribution < -0.4 is 10.2 Å². The van der Waals surface area contributed by atoms with E-state index in [0.717, 1.165) is 17.0 Å². The van der Waals surface area contributed by atoms with Gasteiger partial charge in [-0.15, -0.1) is 0 Å². The van der Waals surface area contributed by atoms with Crippen LogP contribution in [0, 0.1) is 0 Å². The minimum atomic E-state index is -5.29. The van der Waals surface area contributed by atoms with Crippen LogP contribution >= 0.6 is 11.6 Å². The van der Waals surface area contributed by atoms with Crippen molar-refractivity contribution in [3.8, 4) is 0 Å². The topological polar surface area (TPSA) is 78.9 Å². The van der Waals surface area contributed by atoms with Crippen molar-refractivity contribution in [2.24, 2.45) is 0 Å². The average molecular weight is 431 g/mol. The number of urea groups is 1. The van der Waals surface area contributed by atoms with E-state index in [4.69, 9.17) is 11.6 Å². The lowest BCUT2D eigenvalue weighted by atomic mass is 9.93. The van der Waals surface area contributed by atoms with Gasteiger partial charge in [0.2, 0.25) is 0 Å². The summed E-state index contributed by atoms with van der Waals surface area (Å²) in [6.45, 7) is 0.995. The fraction of sp³-hybridized carbons (Fsp3) is 0.263. The maximum Gasteiger partial charge on any atom is 0.432 e. The molecular formula is C19H18ClF3N2O4. The maximum absolute atomic E-state index is 13.4. The van der Waals surface area contributed by atoms with Crippen molar-refractivity contribution < 1.29 is 32.6 Å². The standard InChI is InChI=1S/C19H18ClF3N2O4/c1-3-29-16(26)18(28,19(21,22)23)12-4-10-15(11-5-12)25(2)17(27)24-14-8-6-13(20)7-9-14/h4-11,28H,3H2,1-2H3,(H,24,27). The average Bonchev–Trinajstić information content (AvgIpc) is 2.68. The molecule has 1 unspecified atom stereocenters. The van der Waals surface area contributed by atoms with Crippen molar-refractivity contribution in [1.29, 1.82) is 0 Å². The van der Waals surface area contributed by atoms with Crippen molar-refractivity contribution in [3.05, 3.63) is 59.1 Å². The Hall–Kier alpha value is -2.78. The Morgan fingerprint density at radius 1 is 1.10 bits per heavy atom. The molecule has 156 valence electrons. The molecule has 0 radical (unpaired) electrons. The smallest absolute Gasteiger partial charge is 0.432 e. The van der Waals surface area contributed by atoms with Gasteiger partial charge in [0.25, 0.3) is 5.60 Å². The Balaban J connectivity index is 2.24. The van der Waals surface area contributed by atoms with Gasteiger partial charge >= 0.3 is 18.2 Å². The lowest BCUT2D eigenvalue weighted by molar-refractivity contribution is -0.267. The van der Waals surface area contributed by atoms with Gasteiger partial charge in [-0.1, -0.05) is 23.7 Å². The molecule has 0 spiro atoms. The SMILES string of the molecule is CCOC(=O)C(O)(c1ccc(N(C)C(=O)Nc2ccc(Cl)cc2)cc1)C(F)(F)F. The highest BCUT2D eigenvalue weighted by molar-refractivity contribution is 6.30. The van der Waals surface area contributed by atoms with E-state index in [1.165, 1.54) is 26.1 Å². The van der Waals surface area contributed by atoms with Crippen LogP contribution in [0.4, 0.5) is 29.3 Å². The number of carbonyl (C=O) groups excluding carboxylic acids is 2. The van der Waals surface area contributed by atoms with Gasteiger partial charge in [0.05, 0.1) is 6.61 Å². The van der Waals surface area contributed by atoms with E-state index >= 15 is 0 Å². The first-order chi connectivity index (χ1) is 13.5. The number of amides is 2. The largest absolute Gasteiger partial charge is 0.463 e. The minimum absolute atomic E-state index is 0.230. The number of carbonyl (C=O) groups is 2. The van der Waals surface area contributed by atoms with Gasteiger partial charge in [-0.3, -0.25) is 4.90 Å². The maximum atomic E-state index is 13.4. The molecule has 10 heteroatoms. The van der Waals surface area contributed by atoms with Gasteiger partial charge in [0.1, 0.15) is 0 Å². The zero-order valence-corrected chi connectivity index (χ0v) is 16.2. The van der Waals surface area contributed by atoms with Gasteiger partial charge in [-0.05, 0) is 43.3 Å². The summed E-state index contributed by atoms with van der Waals surface area (Å²) in [5.41, 5.74) is -3.84. The van der Waals surface area contributed by atoms with Crippen LogP contribution in [0.5, 0.6) is 0 Å². The monoisotopic (exact) mass is 430 g/mol. The Morgan fingerprint density at radius 2 is 1.66 bits per heavy atom. The molecule has 0 fully saturated rings. The summed E-state index contributed by atoms with van der Waals surface area (Å²) in [7, 11) is 1.40. The van der Waals surface area contributed by atoms with E-state index in [0.29, 0.717) is 10.7 Å².